The summed E-state index contributed by atoms with van der Waals surface area (Å²) < 4.78 is 6.10. The van der Waals surface area contributed by atoms with E-state index in [1.165, 1.54) is 6.07 Å². The van der Waals surface area contributed by atoms with Crippen molar-refractivity contribution >= 4 is 17.7 Å². The predicted molar refractivity (Wildman–Crippen MR) is 97.6 cm³/mol. The van der Waals surface area contributed by atoms with E-state index in [-0.39, 0.29) is 17.3 Å². The Morgan fingerprint density at radius 2 is 2.15 bits per heavy atom. The van der Waals surface area contributed by atoms with Crippen LogP contribution in [-0.4, -0.2) is 49.7 Å². The summed E-state index contributed by atoms with van der Waals surface area (Å²) in [5, 5.41) is 19.2. The zero-order valence-corrected chi connectivity index (χ0v) is 14.9. The molecule has 0 bridgehead atoms. The molecule has 0 amide bonds. The van der Waals surface area contributed by atoms with Gasteiger partial charge in [-0.05, 0) is 24.1 Å². The molecule has 0 unspecified atom stereocenters. The number of aromatic carboxylic acids is 1. The van der Waals surface area contributed by atoms with Crippen molar-refractivity contribution in [2.45, 2.75) is 31.9 Å². The number of nitrogens with zero attached hydrogens (tertiary/aromatic N) is 3. The van der Waals surface area contributed by atoms with E-state index < -0.39 is 11.6 Å². The maximum Gasteiger partial charge on any atom is 0.339 e. The van der Waals surface area contributed by atoms with Gasteiger partial charge in [0.25, 0.3) is 0 Å². The zero-order chi connectivity index (χ0) is 19.3. The van der Waals surface area contributed by atoms with Crippen LogP contribution in [0.15, 0.2) is 12.1 Å². The number of phenols is 1. The first-order chi connectivity index (χ1) is 12.8. The summed E-state index contributed by atoms with van der Waals surface area (Å²) in [5.74, 6) is -0.426. The number of aryl methyl sites for hydroxylation is 1. The van der Waals surface area contributed by atoms with Crippen LogP contribution >= 0.6 is 0 Å². The molecule has 9 nitrogen and oxygen atoms in total. The van der Waals surface area contributed by atoms with Crippen LogP contribution in [-0.2, 0) is 13.0 Å². The predicted octanol–water partition coefficient (Wildman–Crippen LogP) is 0.933. The Morgan fingerprint density at radius 3 is 2.89 bits per heavy atom. The molecule has 1 saturated heterocycles. The van der Waals surface area contributed by atoms with E-state index in [0.717, 1.165) is 24.1 Å². The van der Waals surface area contributed by atoms with Gasteiger partial charge in [0.15, 0.2) is 0 Å². The van der Waals surface area contributed by atoms with E-state index >= 15 is 0 Å². The molecule has 9 heteroatoms. The van der Waals surface area contributed by atoms with Crippen molar-refractivity contribution in [3.8, 4) is 11.6 Å². The number of benzene rings is 1. The minimum atomic E-state index is -1.14. The van der Waals surface area contributed by atoms with Gasteiger partial charge in [-0.1, -0.05) is 6.07 Å². The first-order valence-electron chi connectivity index (χ1n) is 8.65. The molecule has 6 N–H and O–H groups in total. The number of fused-ring (bicyclic) bond motifs is 1. The Morgan fingerprint density at radius 1 is 1.37 bits per heavy atom. The van der Waals surface area contributed by atoms with Crippen molar-refractivity contribution in [2.75, 3.05) is 24.6 Å². The van der Waals surface area contributed by atoms with Crippen molar-refractivity contribution in [1.29, 1.82) is 0 Å². The van der Waals surface area contributed by atoms with Crippen LogP contribution in [0.5, 0.6) is 11.6 Å². The molecular weight excluding hydrogens is 350 g/mol. The van der Waals surface area contributed by atoms with Crippen LogP contribution in [0.3, 0.4) is 0 Å². The number of carbonyl (C=O) groups is 1. The second-order valence-electron chi connectivity index (χ2n) is 7.29. The number of anilines is 2. The summed E-state index contributed by atoms with van der Waals surface area (Å²) in [6, 6.07) is 3.32. The number of nitrogen functional groups attached to an aromatic ring is 2. The zero-order valence-electron chi connectivity index (χ0n) is 14.9. The van der Waals surface area contributed by atoms with Gasteiger partial charge in [-0.15, -0.1) is 0 Å². The quantitative estimate of drug-likeness (QED) is 0.618. The number of ether oxygens (including phenoxy) is 1. The van der Waals surface area contributed by atoms with Gasteiger partial charge in [0, 0.05) is 32.5 Å². The molecule has 1 aromatic heterocycles. The average Bonchev–Trinajstić information content (AvgIpc) is 3.13. The Hall–Kier alpha value is -3.07. The smallest absolute Gasteiger partial charge is 0.339 e. The number of hydrogen-bond acceptors (Lipinski definition) is 8. The number of hydrogen-bond donors (Lipinski definition) is 4. The van der Waals surface area contributed by atoms with E-state index in [9.17, 15) is 15.0 Å². The standard InChI is InChI=1S/C18H21N5O4/c1-9-4-10(5-11(13(9)24)16(25)26)7-23-3-2-18(8-23)6-12-14(19)21-17(20)22-15(12)27-18/h4-5,24H,2-3,6-8H2,1H3,(H,25,26)(H4,19,20,21,22)/t18-/m1/s1. The van der Waals surface area contributed by atoms with Crippen LogP contribution in [0.2, 0.25) is 0 Å². The van der Waals surface area contributed by atoms with Crippen LogP contribution in [0.4, 0.5) is 11.8 Å². The third-order valence-corrected chi connectivity index (χ3v) is 5.22. The Balaban J connectivity index is 1.52. The van der Waals surface area contributed by atoms with Gasteiger partial charge in [-0.25, -0.2) is 4.79 Å². The van der Waals surface area contributed by atoms with Crippen molar-refractivity contribution in [2.24, 2.45) is 0 Å². The topological polar surface area (TPSA) is 148 Å². The molecule has 1 spiro atoms. The van der Waals surface area contributed by atoms with E-state index in [0.29, 0.717) is 36.8 Å². The number of carboxylic acid groups (broad SMARTS) is 1. The highest BCUT2D eigenvalue weighted by molar-refractivity contribution is 5.91. The number of carboxylic acids is 1. The third-order valence-electron chi connectivity index (χ3n) is 5.22. The third kappa shape index (κ3) is 2.99. The lowest BCUT2D eigenvalue weighted by molar-refractivity contribution is 0.0693. The van der Waals surface area contributed by atoms with Crippen molar-refractivity contribution in [3.05, 3.63) is 34.4 Å². The first kappa shape index (κ1) is 17.3. The minimum absolute atomic E-state index is 0.0815. The number of aromatic hydroxyl groups is 1. The van der Waals surface area contributed by atoms with E-state index in [1.807, 2.05) is 0 Å². The van der Waals surface area contributed by atoms with Gasteiger partial charge in [-0.3, -0.25) is 4.90 Å². The molecule has 27 heavy (non-hydrogen) atoms. The highest BCUT2D eigenvalue weighted by atomic mass is 16.5. The molecular formula is C18H21N5O4. The maximum absolute atomic E-state index is 11.3. The van der Waals surface area contributed by atoms with Crippen molar-refractivity contribution in [1.82, 2.24) is 14.9 Å². The molecule has 2 aromatic rings. The highest BCUT2D eigenvalue weighted by Gasteiger charge is 2.46. The lowest BCUT2D eigenvalue weighted by Crippen LogP contribution is -2.37. The lowest BCUT2D eigenvalue weighted by atomic mass is 9.97. The van der Waals surface area contributed by atoms with Gasteiger partial charge in [-0.2, -0.15) is 9.97 Å². The number of likely N-dealkylation sites (tertiary alicyclic amines) is 1. The lowest BCUT2D eigenvalue weighted by Gasteiger charge is -2.23. The fraction of sp³-hybridized carbons (Fsp3) is 0.389. The highest BCUT2D eigenvalue weighted by Crippen LogP contribution is 2.41. The molecule has 2 aliphatic heterocycles. The monoisotopic (exact) mass is 371 g/mol. The number of rotatable bonds is 3. The number of nitrogens with two attached hydrogens (primary N) is 2. The molecule has 2 aliphatic rings. The Kier molecular flexibility index (Phi) is 3.84. The fourth-order valence-corrected chi connectivity index (χ4v) is 3.97. The van der Waals surface area contributed by atoms with Crippen LogP contribution in [0.25, 0.3) is 0 Å². The molecule has 0 radical (unpaired) electrons. The Labute approximate surface area is 155 Å². The summed E-state index contributed by atoms with van der Waals surface area (Å²) in [6.45, 7) is 3.70. The molecule has 142 valence electrons. The first-order valence-corrected chi connectivity index (χ1v) is 8.65. The normalized spacial score (nSPS) is 21.4. The van der Waals surface area contributed by atoms with Gasteiger partial charge < -0.3 is 26.4 Å². The minimum Gasteiger partial charge on any atom is -0.507 e. The van der Waals surface area contributed by atoms with Gasteiger partial charge in [0.05, 0.1) is 5.56 Å². The molecule has 1 atom stereocenters. The van der Waals surface area contributed by atoms with Gasteiger partial charge in [0.1, 0.15) is 22.7 Å². The van der Waals surface area contributed by atoms with Crippen LogP contribution in [0.1, 0.15) is 33.5 Å². The second kappa shape index (κ2) is 5.98. The van der Waals surface area contributed by atoms with E-state index in [1.54, 1.807) is 13.0 Å². The summed E-state index contributed by atoms with van der Waals surface area (Å²) in [5.41, 5.74) is 13.3. The summed E-state index contributed by atoms with van der Waals surface area (Å²) >= 11 is 0. The second-order valence-corrected chi connectivity index (χ2v) is 7.29. The largest absolute Gasteiger partial charge is 0.507 e. The Bertz CT molecular complexity index is 948. The van der Waals surface area contributed by atoms with Crippen molar-refractivity contribution in [3.63, 3.8) is 0 Å². The summed E-state index contributed by atoms with van der Waals surface area (Å²) in [6.07, 6.45) is 1.42. The maximum atomic E-state index is 11.3. The number of aromatic nitrogens is 2. The molecule has 0 saturated carbocycles. The summed E-state index contributed by atoms with van der Waals surface area (Å²) in [4.78, 5) is 21.7. The molecule has 1 fully saturated rings. The summed E-state index contributed by atoms with van der Waals surface area (Å²) in [7, 11) is 0. The van der Waals surface area contributed by atoms with Crippen LogP contribution in [0, 0.1) is 6.92 Å². The van der Waals surface area contributed by atoms with Gasteiger partial charge in [0.2, 0.25) is 11.8 Å². The average molecular weight is 371 g/mol. The van der Waals surface area contributed by atoms with Crippen LogP contribution < -0.4 is 16.2 Å². The van der Waals surface area contributed by atoms with Crippen molar-refractivity contribution < 1.29 is 19.7 Å². The molecule has 4 rings (SSSR count). The van der Waals surface area contributed by atoms with Gasteiger partial charge >= 0.3 is 5.97 Å². The SMILES string of the molecule is Cc1cc(CN2CC[C@@]3(Cc4c(N)nc(N)nc4O3)C2)cc(C(=O)O)c1O. The van der Waals surface area contributed by atoms with E-state index in [4.69, 9.17) is 16.2 Å². The fourth-order valence-electron chi connectivity index (χ4n) is 3.97. The van der Waals surface area contributed by atoms with E-state index in [2.05, 4.69) is 14.9 Å². The molecule has 3 heterocycles. The molecule has 1 aromatic carbocycles. The molecule has 0 aliphatic carbocycles.